The van der Waals surface area contributed by atoms with Gasteiger partial charge in [-0.05, 0) is 12.5 Å². The van der Waals surface area contributed by atoms with Gasteiger partial charge in [0.1, 0.15) is 5.75 Å². The second-order valence-corrected chi connectivity index (χ2v) is 4.62. The van der Waals surface area contributed by atoms with Gasteiger partial charge in [0.2, 0.25) is 0 Å². The van der Waals surface area contributed by atoms with Gasteiger partial charge in [-0.15, -0.1) is 0 Å². The van der Waals surface area contributed by atoms with Crippen LogP contribution in [0.5, 0.6) is 5.75 Å². The summed E-state index contributed by atoms with van der Waals surface area (Å²) in [4.78, 5) is 3.96. The molecular weight excluding hydrogens is 273 g/mol. The summed E-state index contributed by atoms with van der Waals surface area (Å²) in [5.74, 6) is 0.565. The lowest BCUT2D eigenvalue weighted by Gasteiger charge is -2.10. The molecule has 6 heteroatoms. The first-order chi connectivity index (χ1) is 8.66. The molecule has 0 aliphatic carbocycles. The first-order valence-corrected chi connectivity index (χ1v) is 6.25. The zero-order valence-corrected chi connectivity index (χ0v) is 11.2. The summed E-state index contributed by atoms with van der Waals surface area (Å²) >= 11 is 11.7. The second-order valence-electron chi connectivity index (χ2n) is 3.81. The van der Waals surface area contributed by atoms with E-state index in [9.17, 15) is 0 Å². The number of ether oxygens (including phenoxy) is 1. The van der Waals surface area contributed by atoms with E-state index in [0.29, 0.717) is 28.1 Å². The summed E-state index contributed by atoms with van der Waals surface area (Å²) < 4.78 is 7.56. The number of nitrogens with two attached hydrogens (primary N) is 1. The van der Waals surface area contributed by atoms with Crippen molar-refractivity contribution in [2.45, 2.75) is 13.0 Å². The van der Waals surface area contributed by atoms with Gasteiger partial charge in [-0.1, -0.05) is 23.2 Å². The predicted octanol–water partition coefficient (Wildman–Crippen LogP) is 3.24. The van der Waals surface area contributed by atoms with Gasteiger partial charge in [-0.25, -0.2) is 4.98 Å². The summed E-state index contributed by atoms with van der Waals surface area (Å²) in [5.41, 5.74) is 6.28. The Morgan fingerprint density at radius 1 is 1.28 bits per heavy atom. The Labute approximate surface area is 115 Å². The molecule has 0 saturated carbocycles. The summed E-state index contributed by atoms with van der Waals surface area (Å²) in [6, 6.07) is 3.23. The molecule has 2 rings (SSSR count). The minimum absolute atomic E-state index is 0.430. The van der Waals surface area contributed by atoms with Crippen molar-refractivity contribution in [2.24, 2.45) is 0 Å². The molecule has 96 valence electrons. The SMILES string of the molecule is Nc1cc(Cl)c(Cl)cc1OCCCn1ccnc1. The molecule has 0 amide bonds. The van der Waals surface area contributed by atoms with E-state index in [1.54, 1.807) is 24.7 Å². The molecule has 0 radical (unpaired) electrons. The number of hydrogen-bond acceptors (Lipinski definition) is 3. The van der Waals surface area contributed by atoms with Crippen LogP contribution in [0.4, 0.5) is 5.69 Å². The molecule has 0 unspecified atom stereocenters. The monoisotopic (exact) mass is 285 g/mol. The standard InChI is InChI=1S/C12H13Cl2N3O/c13-9-6-11(15)12(7-10(9)14)18-5-1-3-17-4-2-16-8-17/h2,4,6-8H,1,3,5,15H2. The number of benzene rings is 1. The Hall–Kier alpha value is -1.39. The van der Waals surface area contributed by atoms with Crippen LogP contribution >= 0.6 is 23.2 Å². The highest BCUT2D eigenvalue weighted by molar-refractivity contribution is 6.42. The van der Waals surface area contributed by atoms with Crippen LogP contribution in [-0.4, -0.2) is 16.2 Å². The Kier molecular flexibility index (Phi) is 4.33. The molecule has 0 saturated heterocycles. The fourth-order valence-corrected chi connectivity index (χ4v) is 1.84. The van der Waals surface area contributed by atoms with Gasteiger partial charge < -0.3 is 15.0 Å². The molecule has 0 bridgehead atoms. The predicted molar refractivity (Wildman–Crippen MR) is 73.2 cm³/mol. The number of aryl methyl sites for hydroxylation is 1. The molecule has 0 atom stereocenters. The minimum atomic E-state index is 0.430. The van der Waals surface area contributed by atoms with Crippen molar-refractivity contribution in [2.75, 3.05) is 12.3 Å². The van der Waals surface area contributed by atoms with Gasteiger partial charge in [-0.2, -0.15) is 0 Å². The fraction of sp³-hybridized carbons (Fsp3) is 0.250. The number of imidazole rings is 1. The first kappa shape index (κ1) is 13.1. The molecule has 2 N–H and O–H groups in total. The maximum Gasteiger partial charge on any atom is 0.143 e. The second kappa shape index (κ2) is 5.98. The van der Waals surface area contributed by atoms with E-state index in [2.05, 4.69) is 4.98 Å². The van der Waals surface area contributed by atoms with E-state index in [-0.39, 0.29) is 0 Å². The van der Waals surface area contributed by atoms with Gasteiger partial charge in [0.05, 0.1) is 28.7 Å². The largest absolute Gasteiger partial charge is 0.491 e. The van der Waals surface area contributed by atoms with Crippen LogP contribution in [-0.2, 0) is 6.54 Å². The highest BCUT2D eigenvalue weighted by Crippen LogP contribution is 2.32. The Morgan fingerprint density at radius 3 is 2.78 bits per heavy atom. The van der Waals surface area contributed by atoms with E-state index in [1.165, 1.54) is 0 Å². The van der Waals surface area contributed by atoms with Crippen molar-refractivity contribution in [1.29, 1.82) is 0 Å². The molecule has 18 heavy (non-hydrogen) atoms. The summed E-state index contributed by atoms with van der Waals surface area (Å²) in [7, 11) is 0. The molecule has 0 spiro atoms. The molecule has 2 aromatic rings. The third-order valence-corrected chi connectivity index (χ3v) is 3.15. The van der Waals surface area contributed by atoms with Crippen molar-refractivity contribution < 1.29 is 4.74 Å². The Morgan fingerprint density at radius 2 is 2.06 bits per heavy atom. The fourth-order valence-electron chi connectivity index (χ4n) is 1.52. The van der Waals surface area contributed by atoms with Crippen molar-refractivity contribution in [1.82, 2.24) is 9.55 Å². The van der Waals surface area contributed by atoms with E-state index in [0.717, 1.165) is 13.0 Å². The third kappa shape index (κ3) is 3.31. The number of halogens is 2. The number of anilines is 1. The maximum atomic E-state index is 5.90. The van der Waals surface area contributed by atoms with E-state index in [1.807, 2.05) is 10.8 Å². The highest BCUT2D eigenvalue weighted by Gasteiger charge is 2.05. The summed E-state index contributed by atoms with van der Waals surface area (Å²) in [5, 5.41) is 0.871. The van der Waals surface area contributed by atoms with Crippen molar-refractivity contribution in [3.63, 3.8) is 0 Å². The lowest BCUT2D eigenvalue weighted by atomic mass is 10.3. The first-order valence-electron chi connectivity index (χ1n) is 5.50. The smallest absolute Gasteiger partial charge is 0.143 e. The third-order valence-electron chi connectivity index (χ3n) is 2.43. The molecule has 0 aliphatic rings. The number of nitrogens with zero attached hydrogens (tertiary/aromatic N) is 2. The number of hydrogen-bond donors (Lipinski definition) is 1. The topological polar surface area (TPSA) is 53.1 Å². The number of rotatable bonds is 5. The summed E-state index contributed by atoms with van der Waals surface area (Å²) in [6.07, 6.45) is 6.29. The Balaban J connectivity index is 1.85. The zero-order chi connectivity index (χ0) is 13.0. The van der Waals surface area contributed by atoms with Crippen molar-refractivity contribution >= 4 is 28.9 Å². The van der Waals surface area contributed by atoms with E-state index < -0.39 is 0 Å². The van der Waals surface area contributed by atoms with Gasteiger partial charge in [0, 0.05) is 25.0 Å². The average Bonchev–Trinajstić information content (AvgIpc) is 2.84. The maximum absolute atomic E-state index is 5.90. The molecule has 1 aromatic heterocycles. The van der Waals surface area contributed by atoms with Crippen molar-refractivity contribution in [3.05, 3.63) is 40.9 Å². The number of aromatic nitrogens is 2. The normalized spacial score (nSPS) is 10.6. The van der Waals surface area contributed by atoms with Crippen LogP contribution < -0.4 is 10.5 Å². The molecule has 0 aliphatic heterocycles. The molecule has 1 heterocycles. The quantitative estimate of drug-likeness (QED) is 0.678. The van der Waals surface area contributed by atoms with Gasteiger partial charge in [0.25, 0.3) is 0 Å². The van der Waals surface area contributed by atoms with Gasteiger partial charge in [-0.3, -0.25) is 0 Å². The van der Waals surface area contributed by atoms with Gasteiger partial charge in [0.15, 0.2) is 0 Å². The van der Waals surface area contributed by atoms with Crippen LogP contribution in [0.15, 0.2) is 30.9 Å². The zero-order valence-electron chi connectivity index (χ0n) is 9.64. The molecule has 4 nitrogen and oxygen atoms in total. The van der Waals surface area contributed by atoms with E-state index in [4.69, 9.17) is 33.7 Å². The van der Waals surface area contributed by atoms with Crippen LogP contribution in [0.2, 0.25) is 10.0 Å². The summed E-state index contributed by atoms with van der Waals surface area (Å²) in [6.45, 7) is 1.40. The van der Waals surface area contributed by atoms with E-state index >= 15 is 0 Å². The van der Waals surface area contributed by atoms with Crippen LogP contribution in [0, 0.1) is 0 Å². The highest BCUT2D eigenvalue weighted by atomic mass is 35.5. The van der Waals surface area contributed by atoms with Crippen LogP contribution in [0.25, 0.3) is 0 Å². The Bertz CT molecular complexity index is 514. The lowest BCUT2D eigenvalue weighted by Crippen LogP contribution is -2.04. The van der Waals surface area contributed by atoms with Gasteiger partial charge >= 0.3 is 0 Å². The molecule has 1 aromatic carbocycles. The molecule has 0 fully saturated rings. The lowest BCUT2D eigenvalue weighted by molar-refractivity contribution is 0.303. The van der Waals surface area contributed by atoms with Crippen molar-refractivity contribution in [3.8, 4) is 5.75 Å². The van der Waals surface area contributed by atoms with Crippen LogP contribution in [0.3, 0.4) is 0 Å². The van der Waals surface area contributed by atoms with Crippen LogP contribution in [0.1, 0.15) is 6.42 Å². The molecular formula is C12H13Cl2N3O. The number of nitrogen functional groups attached to an aromatic ring is 1. The minimum Gasteiger partial charge on any atom is -0.491 e. The average molecular weight is 286 g/mol.